The molecule has 3 aromatic rings. The Morgan fingerprint density at radius 3 is 2.74 bits per heavy atom. The summed E-state index contributed by atoms with van der Waals surface area (Å²) in [5.41, 5.74) is 1.10. The highest BCUT2D eigenvalue weighted by Gasteiger charge is 2.13. The molecule has 0 aromatic carbocycles. The Morgan fingerprint density at radius 2 is 2.00 bits per heavy atom. The fourth-order valence-electron chi connectivity index (χ4n) is 2.09. The van der Waals surface area contributed by atoms with Gasteiger partial charge in [0.05, 0.1) is 13.1 Å². The van der Waals surface area contributed by atoms with Gasteiger partial charge in [0.15, 0.2) is 10.9 Å². The number of rotatable bonds is 7. The van der Waals surface area contributed by atoms with Gasteiger partial charge >= 0.3 is 0 Å². The predicted octanol–water partition coefficient (Wildman–Crippen LogP) is 2.47. The van der Waals surface area contributed by atoms with E-state index < -0.39 is 0 Å². The van der Waals surface area contributed by atoms with Crippen molar-refractivity contribution in [1.82, 2.24) is 15.6 Å². The van der Waals surface area contributed by atoms with Crippen LogP contribution in [0.15, 0.2) is 38.8 Å². The van der Waals surface area contributed by atoms with E-state index in [0.717, 1.165) is 0 Å². The highest BCUT2D eigenvalue weighted by molar-refractivity contribution is 7.14. The summed E-state index contributed by atoms with van der Waals surface area (Å²) < 4.78 is 5.62. The largest absolute Gasteiger partial charge is 0.458 e. The molecule has 0 aliphatic rings. The van der Waals surface area contributed by atoms with Gasteiger partial charge in [-0.1, -0.05) is 0 Å². The van der Waals surface area contributed by atoms with Crippen LogP contribution in [0.2, 0.25) is 0 Å². The summed E-state index contributed by atoms with van der Waals surface area (Å²) in [6, 6.07) is 5.19. The van der Waals surface area contributed by atoms with Crippen molar-refractivity contribution in [2.75, 3.05) is 11.9 Å². The van der Waals surface area contributed by atoms with Crippen molar-refractivity contribution < 1.29 is 18.8 Å². The molecule has 140 valence electrons. The van der Waals surface area contributed by atoms with Crippen molar-refractivity contribution in [2.45, 2.75) is 13.5 Å². The lowest BCUT2D eigenvalue weighted by Gasteiger charge is -2.03. The van der Waals surface area contributed by atoms with E-state index in [4.69, 9.17) is 4.42 Å². The number of hydrogen-bond acceptors (Lipinski definition) is 7. The first-order valence-electron chi connectivity index (χ1n) is 7.90. The number of carbonyl (C=O) groups is 3. The number of amides is 3. The molecule has 0 saturated carbocycles. The summed E-state index contributed by atoms with van der Waals surface area (Å²) in [6.45, 7) is 1.58. The average Bonchev–Trinajstić information content (AvgIpc) is 3.38. The quantitative estimate of drug-likeness (QED) is 0.560. The van der Waals surface area contributed by atoms with E-state index in [9.17, 15) is 14.4 Å². The Kier molecular flexibility index (Phi) is 5.99. The number of anilines is 1. The number of thiazole rings is 1. The summed E-state index contributed by atoms with van der Waals surface area (Å²) in [5, 5.41) is 13.5. The zero-order valence-electron chi connectivity index (χ0n) is 14.3. The van der Waals surface area contributed by atoms with E-state index in [0.29, 0.717) is 34.5 Å². The Balaban J connectivity index is 1.52. The van der Waals surface area contributed by atoms with Crippen LogP contribution in [0.5, 0.6) is 0 Å². The van der Waals surface area contributed by atoms with Crippen molar-refractivity contribution in [1.29, 1.82) is 0 Å². The number of thiophene rings is 1. The third-order valence-corrected chi connectivity index (χ3v) is 4.81. The second kappa shape index (κ2) is 8.60. The van der Waals surface area contributed by atoms with E-state index in [1.807, 2.05) is 0 Å². The summed E-state index contributed by atoms with van der Waals surface area (Å²) in [7, 11) is 0. The number of nitrogens with one attached hydrogen (secondary N) is 3. The van der Waals surface area contributed by atoms with Crippen LogP contribution in [0.4, 0.5) is 5.13 Å². The Bertz CT molecular complexity index is 946. The second-order valence-corrected chi connectivity index (χ2v) is 7.09. The number of carbonyl (C=O) groups excluding carboxylic acids is 3. The Hall–Kier alpha value is -2.98. The van der Waals surface area contributed by atoms with Crippen molar-refractivity contribution in [2.24, 2.45) is 0 Å². The standard InChI is InChI=1S/C17H16N4O4S2/c1-10(22)18-6-12-2-3-14(25-12)13-9-27-17(20-13)21-15(23)7-19-16(24)11-4-5-26-8-11/h2-5,8-9H,6-7H2,1H3,(H,18,22)(H,19,24)(H,20,21,23). The van der Waals surface area contributed by atoms with Crippen LogP contribution in [-0.2, 0) is 16.1 Å². The zero-order chi connectivity index (χ0) is 19.2. The van der Waals surface area contributed by atoms with E-state index in [1.54, 1.807) is 34.3 Å². The maximum absolute atomic E-state index is 12.0. The second-order valence-electron chi connectivity index (χ2n) is 5.46. The monoisotopic (exact) mass is 404 g/mol. The van der Waals surface area contributed by atoms with Gasteiger partial charge in [-0.25, -0.2) is 4.98 Å². The molecule has 0 bridgehead atoms. The maximum Gasteiger partial charge on any atom is 0.252 e. The molecule has 10 heteroatoms. The van der Waals surface area contributed by atoms with Gasteiger partial charge in [-0.3, -0.25) is 14.4 Å². The molecule has 3 amide bonds. The summed E-state index contributed by atoms with van der Waals surface area (Å²) in [4.78, 5) is 39.0. The van der Waals surface area contributed by atoms with Gasteiger partial charge < -0.3 is 20.4 Å². The fraction of sp³-hybridized carbons (Fsp3) is 0.176. The van der Waals surface area contributed by atoms with Gasteiger partial charge in [-0.15, -0.1) is 11.3 Å². The Labute approximate surface area is 162 Å². The van der Waals surface area contributed by atoms with Gasteiger partial charge in [0.2, 0.25) is 11.8 Å². The first kappa shape index (κ1) is 18.8. The molecule has 0 aliphatic carbocycles. The number of aromatic nitrogens is 1. The third kappa shape index (κ3) is 5.25. The lowest BCUT2D eigenvalue weighted by Crippen LogP contribution is -2.32. The molecule has 3 heterocycles. The van der Waals surface area contributed by atoms with Gasteiger partial charge in [0, 0.05) is 23.2 Å². The third-order valence-electron chi connectivity index (χ3n) is 3.37. The highest BCUT2D eigenvalue weighted by atomic mass is 32.1. The molecule has 0 unspecified atom stereocenters. The number of nitrogens with zero attached hydrogens (tertiary/aromatic N) is 1. The van der Waals surface area contributed by atoms with Gasteiger partial charge in [-0.2, -0.15) is 11.3 Å². The van der Waals surface area contributed by atoms with Crippen LogP contribution in [0, 0.1) is 0 Å². The molecule has 27 heavy (non-hydrogen) atoms. The molecular weight excluding hydrogens is 388 g/mol. The molecule has 0 spiro atoms. The SMILES string of the molecule is CC(=O)NCc1ccc(-c2csc(NC(=O)CNC(=O)c3ccsc3)n2)o1. The first-order valence-corrected chi connectivity index (χ1v) is 9.73. The fourth-order valence-corrected chi connectivity index (χ4v) is 3.44. The van der Waals surface area contributed by atoms with E-state index in [1.165, 1.54) is 29.6 Å². The molecule has 0 radical (unpaired) electrons. The van der Waals surface area contributed by atoms with Crippen molar-refractivity contribution in [3.63, 3.8) is 0 Å². The zero-order valence-corrected chi connectivity index (χ0v) is 15.9. The van der Waals surface area contributed by atoms with Crippen molar-refractivity contribution in [3.05, 3.63) is 45.7 Å². The molecule has 3 N–H and O–H groups in total. The molecule has 0 atom stereocenters. The lowest BCUT2D eigenvalue weighted by atomic mass is 10.3. The number of hydrogen-bond donors (Lipinski definition) is 3. The van der Waals surface area contributed by atoms with Crippen LogP contribution in [-0.4, -0.2) is 29.3 Å². The normalized spacial score (nSPS) is 10.4. The Morgan fingerprint density at radius 1 is 1.15 bits per heavy atom. The molecule has 3 rings (SSSR count). The maximum atomic E-state index is 12.0. The van der Waals surface area contributed by atoms with E-state index in [2.05, 4.69) is 20.9 Å². The van der Waals surface area contributed by atoms with Crippen LogP contribution < -0.4 is 16.0 Å². The summed E-state index contributed by atoms with van der Waals surface area (Å²) >= 11 is 2.66. The molecule has 0 fully saturated rings. The molecule has 8 nitrogen and oxygen atoms in total. The van der Waals surface area contributed by atoms with Crippen LogP contribution in [0.25, 0.3) is 11.5 Å². The minimum Gasteiger partial charge on any atom is -0.458 e. The number of furan rings is 1. The molecule has 0 saturated heterocycles. The van der Waals surface area contributed by atoms with Crippen molar-refractivity contribution >= 4 is 45.5 Å². The van der Waals surface area contributed by atoms with Crippen molar-refractivity contribution in [3.8, 4) is 11.5 Å². The lowest BCUT2D eigenvalue weighted by molar-refractivity contribution is -0.119. The first-order chi connectivity index (χ1) is 13.0. The topological polar surface area (TPSA) is 113 Å². The van der Waals surface area contributed by atoms with Gasteiger partial charge in [0.1, 0.15) is 11.5 Å². The highest BCUT2D eigenvalue weighted by Crippen LogP contribution is 2.26. The van der Waals surface area contributed by atoms with E-state index in [-0.39, 0.29) is 24.3 Å². The van der Waals surface area contributed by atoms with Crippen LogP contribution in [0.1, 0.15) is 23.0 Å². The van der Waals surface area contributed by atoms with Gasteiger partial charge in [-0.05, 0) is 23.6 Å². The summed E-state index contributed by atoms with van der Waals surface area (Å²) in [5.74, 6) is 0.337. The van der Waals surface area contributed by atoms with Gasteiger partial charge in [0.25, 0.3) is 5.91 Å². The van der Waals surface area contributed by atoms with E-state index >= 15 is 0 Å². The molecular formula is C17H16N4O4S2. The van der Waals surface area contributed by atoms with Crippen LogP contribution in [0.3, 0.4) is 0 Å². The average molecular weight is 404 g/mol. The minimum absolute atomic E-state index is 0.141. The minimum atomic E-state index is -0.370. The molecule has 3 aromatic heterocycles. The molecule has 0 aliphatic heterocycles. The predicted molar refractivity (Wildman–Crippen MR) is 103 cm³/mol. The smallest absolute Gasteiger partial charge is 0.252 e. The summed E-state index contributed by atoms with van der Waals surface area (Å²) in [6.07, 6.45) is 0. The van der Waals surface area contributed by atoms with Crippen LogP contribution >= 0.6 is 22.7 Å².